The van der Waals surface area contributed by atoms with Gasteiger partial charge in [-0.2, -0.15) is 0 Å². The van der Waals surface area contributed by atoms with Crippen LogP contribution in [0.3, 0.4) is 0 Å². The molecule has 1 rings (SSSR count). The first kappa shape index (κ1) is 12.0. The van der Waals surface area contributed by atoms with E-state index in [1.54, 1.807) is 0 Å². The molecule has 1 heterocycles. The number of hydrogen-bond acceptors (Lipinski definition) is 2. The summed E-state index contributed by atoms with van der Waals surface area (Å²) in [5, 5.41) is 0. The Balaban J connectivity index is 2.18. The molecule has 2 nitrogen and oxygen atoms in total. The van der Waals surface area contributed by atoms with E-state index >= 15 is 0 Å². The average Bonchev–Trinajstić information content (AvgIpc) is 2.27. The van der Waals surface area contributed by atoms with Crippen LogP contribution in [0.25, 0.3) is 0 Å². The van der Waals surface area contributed by atoms with E-state index in [1.807, 2.05) is 0 Å². The molecule has 0 aromatic heterocycles. The molecule has 1 aliphatic heterocycles. The smallest absolute Gasteiger partial charge is 0.00226 e. The average molecular weight is 198 g/mol. The normalized spacial score (nSPS) is 23.6. The summed E-state index contributed by atoms with van der Waals surface area (Å²) in [7, 11) is 0. The molecule has 2 N–H and O–H groups in total. The van der Waals surface area contributed by atoms with Crippen molar-refractivity contribution in [2.24, 2.45) is 5.73 Å². The zero-order valence-corrected chi connectivity index (χ0v) is 9.67. The van der Waals surface area contributed by atoms with E-state index in [4.69, 9.17) is 5.73 Å². The summed E-state index contributed by atoms with van der Waals surface area (Å²) in [5.74, 6) is 0. The molecule has 0 bridgehead atoms. The third kappa shape index (κ3) is 5.61. The minimum Gasteiger partial charge on any atom is -0.328 e. The van der Waals surface area contributed by atoms with Gasteiger partial charge in [0.1, 0.15) is 0 Å². The molecule has 2 heteroatoms. The Morgan fingerprint density at radius 3 is 2.00 bits per heavy atom. The van der Waals surface area contributed by atoms with E-state index < -0.39 is 0 Å². The molecule has 0 spiro atoms. The van der Waals surface area contributed by atoms with Gasteiger partial charge >= 0.3 is 0 Å². The van der Waals surface area contributed by atoms with E-state index in [9.17, 15) is 0 Å². The Hall–Kier alpha value is -0.0800. The van der Waals surface area contributed by atoms with Gasteiger partial charge in [-0.25, -0.2) is 0 Å². The summed E-state index contributed by atoms with van der Waals surface area (Å²) in [6.07, 6.45) is 9.67. The van der Waals surface area contributed by atoms with E-state index in [0.29, 0.717) is 6.04 Å². The minimum atomic E-state index is 0.364. The van der Waals surface area contributed by atoms with Crippen LogP contribution in [0.5, 0.6) is 0 Å². The van der Waals surface area contributed by atoms with Crippen molar-refractivity contribution in [1.29, 1.82) is 0 Å². The quantitative estimate of drug-likeness (QED) is 0.754. The first-order chi connectivity index (χ1) is 6.79. The molecule has 0 amide bonds. The highest BCUT2D eigenvalue weighted by Crippen LogP contribution is 2.11. The van der Waals surface area contributed by atoms with Crippen LogP contribution >= 0.6 is 0 Å². The van der Waals surface area contributed by atoms with Crippen LogP contribution in [0.15, 0.2) is 0 Å². The number of hydrogen-bond donors (Lipinski definition) is 1. The lowest BCUT2D eigenvalue weighted by Gasteiger charge is -2.22. The van der Waals surface area contributed by atoms with Crippen LogP contribution in [-0.2, 0) is 0 Å². The fraction of sp³-hybridized carbons (Fsp3) is 1.00. The highest BCUT2D eigenvalue weighted by molar-refractivity contribution is 4.64. The predicted octanol–water partition coefficient (Wildman–Crippen LogP) is 2.38. The van der Waals surface area contributed by atoms with Gasteiger partial charge < -0.3 is 10.6 Å². The molecule has 0 aromatic rings. The van der Waals surface area contributed by atoms with Crippen LogP contribution in [0.2, 0.25) is 0 Å². The number of nitrogens with zero attached hydrogens (tertiary/aromatic N) is 1. The second-order valence-electron chi connectivity index (χ2n) is 4.73. The fourth-order valence-electron chi connectivity index (χ4n) is 2.10. The van der Waals surface area contributed by atoms with E-state index in [0.717, 1.165) is 6.42 Å². The fourth-order valence-corrected chi connectivity index (χ4v) is 2.10. The van der Waals surface area contributed by atoms with Crippen molar-refractivity contribution in [2.75, 3.05) is 19.6 Å². The third-order valence-corrected chi connectivity index (χ3v) is 3.10. The van der Waals surface area contributed by atoms with Crippen LogP contribution in [-0.4, -0.2) is 30.6 Å². The molecule has 1 unspecified atom stereocenters. The summed E-state index contributed by atoms with van der Waals surface area (Å²) in [6, 6.07) is 0.364. The Labute approximate surface area is 88.8 Å². The van der Waals surface area contributed by atoms with Crippen LogP contribution in [0.1, 0.15) is 51.9 Å². The SMILES string of the molecule is CC(N)CCN1CCCCCCCC1. The van der Waals surface area contributed by atoms with Gasteiger partial charge in [-0.15, -0.1) is 0 Å². The Bertz CT molecular complexity index is 124. The van der Waals surface area contributed by atoms with E-state index in [-0.39, 0.29) is 0 Å². The second-order valence-corrected chi connectivity index (χ2v) is 4.73. The molecule has 14 heavy (non-hydrogen) atoms. The number of nitrogens with two attached hydrogens (primary N) is 1. The molecule has 0 saturated carbocycles. The van der Waals surface area contributed by atoms with E-state index in [2.05, 4.69) is 11.8 Å². The Morgan fingerprint density at radius 2 is 1.50 bits per heavy atom. The summed E-state index contributed by atoms with van der Waals surface area (Å²) in [5.41, 5.74) is 5.78. The predicted molar refractivity (Wildman–Crippen MR) is 62.4 cm³/mol. The first-order valence-electron chi connectivity index (χ1n) is 6.27. The van der Waals surface area contributed by atoms with E-state index in [1.165, 1.54) is 58.2 Å². The lowest BCUT2D eigenvalue weighted by molar-refractivity contribution is 0.260. The van der Waals surface area contributed by atoms with Crippen molar-refractivity contribution in [3.8, 4) is 0 Å². The van der Waals surface area contributed by atoms with Crippen molar-refractivity contribution >= 4 is 0 Å². The molecule has 0 aromatic carbocycles. The number of rotatable bonds is 3. The standard InChI is InChI=1S/C12H26N2/c1-12(13)8-11-14-9-6-4-2-3-5-7-10-14/h12H,2-11,13H2,1H3. The van der Waals surface area contributed by atoms with Crippen LogP contribution < -0.4 is 5.73 Å². The van der Waals surface area contributed by atoms with Gasteiger partial charge in [0.05, 0.1) is 0 Å². The third-order valence-electron chi connectivity index (χ3n) is 3.10. The highest BCUT2D eigenvalue weighted by atomic mass is 15.1. The Morgan fingerprint density at radius 1 is 1.00 bits per heavy atom. The van der Waals surface area contributed by atoms with Gasteiger partial charge in [-0.3, -0.25) is 0 Å². The van der Waals surface area contributed by atoms with Crippen molar-refractivity contribution in [3.63, 3.8) is 0 Å². The summed E-state index contributed by atoms with van der Waals surface area (Å²) >= 11 is 0. The molecular formula is C12H26N2. The summed E-state index contributed by atoms with van der Waals surface area (Å²) in [4.78, 5) is 2.61. The van der Waals surface area contributed by atoms with Crippen LogP contribution in [0.4, 0.5) is 0 Å². The Kier molecular flexibility index (Phi) is 6.20. The van der Waals surface area contributed by atoms with Gasteiger partial charge in [0.15, 0.2) is 0 Å². The first-order valence-corrected chi connectivity index (χ1v) is 6.27. The van der Waals surface area contributed by atoms with Gasteiger partial charge in [0, 0.05) is 6.04 Å². The monoisotopic (exact) mass is 198 g/mol. The van der Waals surface area contributed by atoms with Crippen molar-refractivity contribution in [2.45, 2.75) is 57.9 Å². The van der Waals surface area contributed by atoms with Gasteiger partial charge in [-0.05, 0) is 45.8 Å². The molecule has 1 aliphatic rings. The molecule has 0 radical (unpaired) electrons. The maximum absolute atomic E-state index is 5.78. The maximum Gasteiger partial charge on any atom is 0.00226 e. The van der Waals surface area contributed by atoms with Crippen LogP contribution in [0, 0.1) is 0 Å². The highest BCUT2D eigenvalue weighted by Gasteiger charge is 2.07. The zero-order valence-electron chi connectivity index (χ0n) is 9.67. The molecular weight excluding hydrogens is 172 g/mol. The largest absolute Gasteiger partial charge is 0.328 e. The van der Waals surface area contributed by atoms with Gasteiger partial charge in [0.25, 0.3) is 0 Å². The van der Waals surface area contributed by atoms with Gasteiger partial charge in [0.2, 0.25) is 0 Å². The molecule has 0 aliphatic carbocycles. The topological polar surface area (TPSA) is 29.3 Å². The molecule has 1 atom stereocenters. The molecule has 1 saturated heterocycles. The lowest BCUT2D eigenvalue weighted by Crippen LogP contribution is -2.30. The molecule has 84 valence electrons. The van der Waals surface area contributed by atoms with Gasteiger partial charge in [-0.1, -0.05) is 25.7 Å². The minimum absolute atomic E-state index is 0.364. The summed E-state index contributed by atoms with van der Waals surface area (Å²) in [6.45, 7) is 5.91. The summed E-state index contributed by atoms with van der Waals surface area (Å²) < 4.78 is 0. The van der Waals surface area contributed by atoms with Crippen molar-refractivity contribution in [1.82, 2.24) is 4.90 Å². The van der Waals surface area contributed by atoms with Crippen molar-refractivity contribution in [3.05, 3.63) is 0 Å². The molecule has 1 fully saturated rings. The second kappa shape index (κ2) is 7.24. The zero-order chi connectivity index (χ0) is 10.2. The maximum atomic E-state index is 5.78. The van der Waals surface area contributed by atoms with Crippen molar-refractivity contribution < 1.29 is 0 Å². The lowest BCUT2D eigenvalue weighted by atomic mass is 10.1.